The Balaban J connectivity index is 2.17. The molecule has 104 valence electrons. The lowest BCUT2D eigenvalue weighted by molar-refractivity contribution is 0.552. The van der Waals surface area contributed by atoms with Crippen molar-refractivity contribution in [3.8, 4) is 0 Å². The van der Waals surface area contributed by atoms with Gasteiger partial charge in [-0.25, -0.2) is 18.1 Å². The van der Waals surface area contributed by atoms with Gasteiger partial charge in [-0.15, -0.1) is 0 Å². The number of aromatic nitrogens is 2. The van der Waals surface area contributed by atoms with Crippen molar-refractivity contribution < 1.29 is 8.42 Å². The summed E-state index contributed by atoms with van der Waals surface area (Å²) in [4.78, 5) is 3.95. The Labute approximate surface area is 109 Å². The summed E-state index contributed by atoms with van der Waals surface area (Å²) in [6.45, 7) is 3.52. The fraction of sp³-hybridized carbons (Fsp3) is 0.727. The van der Waals surface area contributed by atoms with Crippen molar-refractivity contribution in [2.75, 3.05) is 20.1 Å². The van der Waals surface area contributed by atoms with Crippen molar-refractivity contribution in [3.05, 3.63) is 18.7 Å². The fourth-order valence-electron chi connectivity index (χ4n) is 1.59. The van der Waals surface area contributed by atoms with Crippen LogP contribution in [0, 0.1) is 0 Å². The number of sulfonamides is 1. The predicted molar refractivity (Wildman–Crippen MR) is 71.8 cm³/mol. The molecule has 6 nitrogen and oxygen atoms in total. The first kappa shape index (κ1) is 15.1. The van der Waals surface area contributed by atoms with Gasteiger partial charge in [-0.1, -0.05) is 0 Å². The number of rotatable bonds is 9. The van der Waals surface area contributed by atoms with E-state index in [1.165, 1.54) is 0 Å². The van der Waals surface area contributed by atoms with Crippen LogP contribution < -0.4 is 10.0 Å². The molecule has 0 aromatic carbocycles. The van der Waals surface area contributed by atoms with E-state index in [2.05, 4.69) is 15.0 Å². The van der Waals surface area contributed by atoms with Crippen LogP contribution >= 0.6 is 0 Å². The normalized spacial score (nSPS) is 13.7. The summed E-state index contributed by atoms with van der Waals surface area (Å²) in [6, 6.07) is 0. The summed E-state index contributed by atoms with van der Waals surface area (Å²) in [5, 5.41) is 2.46. The minimum Gasteiger partial charge on any atom is -0.337 e. The summed E-state index contributed by atoms with van der Waals surface area (Å²) < 4.78 is 28.1. The zero-order valence-corrected chi connectivity index (χ0v) is 11.8. The van der Waals surface area contributed by atoms with Gasteiger partial charge >= 0.3 is 0 Å². The highest BCUT2D eigenvalue weighted by Gasteiger charge is 2.18. The van der Waals surface area contributed by atoms with Crippen molar-refractivity contribution in [1.29, 1.82) is 0 Å². The predicted octanol–water partition coefficient (Wildman–Crippen LogP) is 0.191. The summed E-state index contributed by atoms with van der Waals surface area (Å²) in [5.74, 6) is 0. The lowest BCUT2D eigenvalue weighted by Gasteiger charge is -2.13. The minimum absolute atomic E-state index is 0.406. The van der Waals surface area contributed by atoms with Gasteiger partial charge in [0.15, 0.2) is 0 Å². The number of nitrogens with zero attached hydrogens (tertiary/aromatic N) is 2. The lowest BCUT2D eigenvalue weighted by atomic mass is 10.3. The molecule has 0 bridgehead atoms. The fourth-order valence-corrected chi connectivity index (χ4v) is 2.69. The van der Waals surface area contributed by atoms with Crippen molar-refractivity contribution in [2.24, 2.45) is 0 Å². The lowest BCUT2D eigenvalue weighted by Crippen LogP contribution is -2.38. The molecule has 0 saturated carbocycles. The maximum Gasteiger partial charge on any atom is 0.215 e. The van der Waals surface area contributed by atoms with Crippen molar-refractivity contribution >= 4 is 10.0 Å². The molecule has 0 aliphatic carbocycles. The number of aryl methyl sites for hydroxylation is 1. The second-order valence-corrected chi connectivity index (χ2v) is 6.50. The van der Waals surface area contributed by atoms with Crippen LogP contribution in [0.1, 0.15) is 19.8 Å². The van der Waals surface area contributed by atoms with Gasteiger partial charge in [0, 0.05) is 32.0 Å². The van der Waals surface area contributed by atoms with Crippen molar-refractivity contribution in [1.82, 2.24) is 19.6 Å². The molecule has 0 spiro atoms. The second kappa shape index (κ2) is 7.50. The molecule has 0 fully saturated rings. The Bertz CT molecular complexity index is 416. The zero-order chi connectivity index (χ0) is 13.4. The number of hydrogen-bond donors (Lipinski definition) is 2. The smallest absolute Gasteiger partial charge is 0.215 e. The number of nitrogens with one attached hydrogen (secondary N) is 2. The largest absolute Gasteiger partial charge is 0.337 e. The topological polar surface area (TPSA) is 76.0 Å². The first-order valence-electron chi connectivity index (χ1n) is 6.15. The third-order valence-electron chi connectivity index (χ3n) is 2.73. The summed E-state index contributed by atoms with van der Waals surface area (Å²) in [7, 11) is -1.44. The Morgan fingerprint density at radius 2 is 2.17 bits per heavy atom. The molecule has 0 aliphatic heterocycles. The average molecular weight is 274 g/mol. The van der Waals surface area contributed by atoms with Gasteiger partial charge in [-0.3, -0.25) is 0 Å². The molecule has 1 atom stereocenters. The molecule has 2 N–H and O–H groups in total. The van der Waals surface area contributed by atoms with Crippen molar-refractivity contribution in [2.45, 2.75) is 31.6 Å². The van der Waals surface area contributed by atoms with E-state index in [9.17, 15) is 8.42 Å². The van der Waals surface area contributed by atoms with Crippen LogP contribution in [0.5, 0.6) is 0 Å². The molecule has 1 heterocycles. The van der Waals surface area contributed by atoms with E-state index < -0.39 is 15.3 Å². The molecule has 0 saturated heterocycles. The van der Waals surface area contributed by atoms with E-state index in [1.54, 1.807) is 26.5 Å². The Morgan fingerprint density at radius 1 is 1.39 bits per heavy atom. The van der Waals surface area contributed by atoms with Crippen LogP contribution in [0.3, 0.4) is 0 Å². The number of unbranched alkanes of at least 4 members (excludes halogenated alkanes) is 1. The van der Waals surface area contributed by atoms with Crippen LogP contribution in [0.4, 0.5) is 0 Å². The molecule has 7 heteroatoms. The molecular weight excluding hydrogens is 252 g/mol. The van der Waals surface area contributed by atoms with E-state index in [0.717, 1.165) is 19.4 Å². The van der Waals surface area contributed by atoms with Gasteiger partial charge in [0.05, 0.1) is 11.6 Å². The SMILES string of the molecule is CNCC(C)S(=O)(=O)NCCCCn1ccnc1. The quantitative estimate of drug-likeness (QED) is 0.630. The Morgan fingerprint density at radius 3 is 2.78 bits per heavy atom. The first-order valence-corrected chi connectivity index (χ1v) is 7.69. The molecule has 18 heavy (non-hydrogen) atoms. The standard InChI is InChI=1S/C11H22N4O2S/c1-11(9-12-2)18(16,17)14-5-3-4-7-15-8-6-13-10-15/h6,8,10-12,14H,3-5,7,9H2,1-2H3. The summed E-state index contributed by atoms with van der Waals surface area (Å²) in [6.07, 6.45) is 7.16. The molecule has 1 unspecified atom stereocenters. The van der Waals surface area contributed by atoms with E-state index in [1.807, 2.05) is 10.8 Å². The van der Waals surface area contributed by atoms with E-state index in [-0.39, 0.29) is 0 Å². The maximum absolute atomic E-state index is 11.7. The highest BCUT2D eigenvalue weighted by molar-refractivity contribution is 7.90. The van der Waals surface area contributed by atoms with E-state index in [0.29, 0.717) is 13.1 Å². The minimum atomic E-state index is -3.19. The maximum atomic E-state index is 11.7. The third kappa shape index (κ3) is 5.16. The van der Waals surface area contributed by atoms with Crippen molar-refractivity contribution in [3.63, 3.8) is 0 Å². The molecular formula is C11H22N4O2S. The number of hydrogen-bond acceptors (Lipinski definition) is 4. The van der Waals surface area contributed by atoms with Crippen LogP contribution in [0.2, 0.25) is 0 Å². The molecule has 1 aromatic heterocycles. The monoisotopic (exact) mass is 274 g/mol. The van der Waals surface area contributed by atoms with Crippen LogP contribution in [0.25, 0.3) is 0 Å². The molecule has 0 radical (unpaired) electrons. The number of imidazole rings is 1. The molecule has 1 rings (SSSR count). The van der Waals surface area contributed by atoms with Crippen LogP contribution in [-0.2, 0) is 16.6 Å². The first-order chi connectivity index (χ1) is 8.56. The summed E-state index contributed by atoms with van der Waals surface area (Å²) >= 11 is 0. The van der Waals surface area contributed by atoms with Gasteiger partial charge in [0.1, 0.15) is 0 Å². The average Bonchev–Trinajstić information content (AvgIpc) is 2.82. The Kier molecular flexibility index (Phi) is 6.31. The highest BCUT2D eigenvalue weighted by Crippen LogP contribution is 1.99. The third-order valence-corrected chi connectivity index (χ3v) is 4.56. The van der Waals surface area contributed by atoms with Gasteiger partial charge in [0.2, 0.25) is 10.0 Å². The van der Waals surface area contributed by atoms with Crippen LogP contribution in [0.15, 0.2) is 18.7 Å². The van der Waals surface area contributed by atoms with Gasteiger partial charge in [-0.05, 0) is 26.8 Å². The summed E-state index contributed by atoms with van der Waals surface area (Å²) in [5.41, 5.74) is 0. The zero-order valence-electron chi connectivity index (χ0n) is 11.0. The molecule has 0 amide bonds. The molecule has 0 aliphatic rings. The van der Waals surface area contributed by atoms with Gasteiger partial charge in [0.25, 0.3) is 0 Å². The van der Waals surface area contributed by atoms with Gasteiger partial charge in [-0.2, -0.15) is 0 Å². The highest BCUT2D eigenvalue weighted by atomic mass is 32.2. The Hall–Kier alpha value is -0.920. The van der Waals surface area contributed by atoms with E-state index >= 15 is 0 Å². The second-order valence-electron chi connectivity index (χ2n) is 4.32. The van der Waals surface area contributed by atoms with E-state index in [4.69, 9.17) is 0 Å². The molecule has 1 aromatic rings. The van der Waals surface area contributed by atoms with Crippen LogP contribution in [-0.4, -0.2) is 43.4 Å². The van der Waals surface area contributed by atoms with Gasteiger partial charge < -0.3 is 9.88 Å².